The SMILES string of the molecule is Cc1c(C(C)C)sc2c3c(sc12)-c1cc2c(cc1C3(c1ccccc1)c1ccccc1)-c1sc3c(C(C)C)c(C(C)C)sc3c1C2(c1ccccc1)c1ccccc1. The minimum absolute atomic E-state index is 0.444. The van der Waals surface area contributed by atoms with Crippen LogP contribution in [0.15, 0.2) is 133 Å². The van der Waals surface area contributed by atoms with E-state index in [9.17, 15) is 0 Å². The van der Waals surface area contributed by atoms with Crippen LogP contribution in [0.1, 0.15) is 125 Å². The molecule has 0 amide bonds. The van der Waals surface area contributed by atoms with Crippen molar-refractivity contribution >= 4 is 64.1 Å². The van der Waals surface area contributed by atoms with E-state index in [-0.39, 0.29) is 0 Å². The molecule has 0 nitrogen and oxygen atoms in total. The summed E-state index contributed by atoms with van der Waals surface area (Å²) in [6, 6.07) is 51.2. The molecule has 0 radical (unpaired) electrons. The first-order chi connectivity index (χ1) is 28.2. The van der Waals surface area contributed by atoms with Gasteiger partial charge < -0.3 is 0 Å². The van der Waals surface area contributed by atoms with Crippen LogP contribution in [0.25, 0.3) is 39.7 Å². The second-order valence-electron chi connectivity index (χ2n) is 17.3. The highest BCUT2D eigenvalue weighted by atomic mass is 32.1. The van der Waals surface area contributed by atoms with E-state index in [1.165, 1.54) is 94.6 Å². The molecule has 4 aromatic heterocycles. The molecule has 0 atom stereocenters. The summed E-state index contributed by atoms with van der Waals surface area (Å²) in [6.45, 7) is 16.6. The highest BCUT2D eigenvalue weighted by Crippen LogP contribution is 2.68. The maximum Gasteiger partial charge on any atom is 0.0736 e. The van der Waals surface area contributed by atoms with Crippen LogP contribution in [-0.2, 0) is 10.8 Å². The van der Waals surface area contributed by atoms with Crippen LogP contribution >= 0.6 is 45.3 Å². The lowest BCUT2D eigenvalue weighted by Crippen LogP contribution is -2.29. The zero-order chi connectivity index (χ0) is 39.7. The molecule has 58 heavy (non-hydrogen) atoms. The van der Waals surface area contributed by atoms with E-state index in [0.717, 1.165) is 0 Å². The summed E-state index contributed by atoms with van der Waals surface area (Å²) < 4.78 is 5.88. The molecule has 5 aromatic carbocycles. The quantitative estimate of drug-likeness (QED) is 0.150. The van der Waals surface area contributed by atoms with E-state index in [1.54, 1.807) is 10.4 Å². The van der Waals surface area contributed by atoms with Crippen molar-refractivity contribution in [3.63, 3.8) is 0 Å². The van der Waals surface area contributed by atoms with Crippen LogP contribution in [0.2, 0.25) is 0 Å². The molecule has 0 bridgehead atoms. The van der Waals surface area contributed by atoms with Crippen LogP contribution < -0.4 is 0 Å². The number of rotatable bonds is 7. The molecule has 2 aliphatic rings. The second kappa shape index (κ2) is 13.2. The summed E-state index contributed by atoms with van der Waals surface area (Å²) in [6.07, 6.45) is 0. The van der Waals surface area contributed by atoms with E-state index >= 15 is 0 Å². The topological polar surface area (TPSA) is 0 Å². The zero-order valence-electron chi connectivity index (χ0n) is 34.1. The third kappa shape index (κ3) is 4.66. The van der Waals surface area contributed by atoms with E-state index < -0.39 is 10.8 Å². The van der Waals surface area contributed by atoms with Crippen LogP contribution in [0.3, 0.4) is 0 Å². The monoisotopic (exact) mass is 822 g/mol. The smallest absolute Gasteiger partial charge is 0.0736 e. The minimum Gasteiger partial charge on any atom is -0.138 e. The van der Waals surface area contributed by atoms with Crippen molar-refractivity contribution in [1.82, 2.24) is 0 Å². The molecule has 0 saturated heterocycles. The first-order valence-electron chi connectivity index (χ1n) is 20.8. The maximum absolute atomic E-state index is 2.68. The van der Waals surface area contributed by atoms with Gasteiger partial charge in [-0.3, -0.25) is 0 Å². The van der Waals surface area contributed by atoms with Gasteiger partial charge in [0.05, 0.1) is 20.2 Å². The molecular weight excluding hydrogens is 777 g/mol. The molecule has 0 fully saturated rings. The normalized spacial score (nSPS) is 14.9. The number of thiophene rings is 4. The first-order valence-corrected chi connectivity index (χ1v) is 24.0. The van der Waals surface area contributed by atoms with Crippen LogP contribution in [0.4, 0.5) is 0 Å². The van der Waals surface area contributed by atoms with Gasteiger partial charge in [0.25, 0.3) is 0 Å². The Morgan fingerprint density at radius 1 is 0.397 bits per heavy atom. The van der Waals surface area contributed by atoms with Gasteiger partial charge in [-0.15, -0.1) is 45.3 Å². The Labute approximate surface area is 358 Å². The summed E-state index contributed by atoms with van der Waals surface area (Å²) >= 11 is 8.21. The van der Waals surface area contributed by atoms with Gasteiger partial charge in [0, 0.05) is 40.0 Å². The Bertz CT molecular complexity index is 2940. The highest BCUT2D eigenvalue weighted by Gasteiger charge is 2.54. The molecular formula is C54H46S4. The predicted molar refractivity (Wildman–Crippen MR) is 255 cm³/mol. The van der Waals surface area contributed by atoms with Gasteiger partial charge in [-0.05, 0) is 92.4 Å². The van der Waals surface area contributed by atoms with Crippen molar-refractivity contribution in [3.05, 3.63) is 199 Å². The van der Waals surface area contributed by atoms with E-state index in [2.05, 4.69) is 205 Å². The number of benzene rings is 5. The molecule has 2 aliphatic carbocycles. The summed E-state index contributed by atoms with van der Waals surface area (Å²) in [5.74, 6) is 1.39. The largest absolute Gasteiger partial charge is 0.138 e. The molecule has 0 spiro atoms. The molecule has 0 saturated carbocycles. The zero-order valence-corrected chi connectivity index (χ0v) is 37.3. The third-order valence-corrected chi connectivity index (χ3v) is 19.0. The Kier molecular flexibility index (Phi) is 8.31. The fourth-order valence-electron chi connectivity index (χ4n) is 10.8. The van der Waals surface area contributed by atoms with E-state index in [0.29, 0.717) is 17.8 Å². The lowest BCUT2D eigenvalue weighted by Gasteiger charge is -2.35. The number of aryl methyl sites for hydroxylation is 1. The second-order valence-corrected chi connectivity index (χ2v) is 21.4. The van der Waals surface area contributed by atoms with Gasteiger partial charge >= 0.3 is 0 Å². The van der Waals surface area contributed by atoms with Gasteiger partial charge in [-0.1, -0.05) is 163 Å². The van der Waals surface area contributed by atoms with Crippen molar-refractivity contribution in [3.8, 4) is 20.9 Å². The molecule has 11 rings (SSSR count). The van der Waals surface area contributed by atoms with E-state index in [1.807, 2.05) is 22.7 Å². The average Bonchev–Trinajstić information content (AvgIpc) is 4.06. The Morgan fingerprint density at radius 2 is 0.759 bits per heavy atom. The Morgan fingerprint density at radius 3 is 1.14 bits per heavy atom. The molecule has 4 heterocycles. The van der Waals surface area contributed by atoms with Crippen molar-refractivity contribution in [2.24, 2.45) is 0 Å². The lowest BCUT2D eigenvalue weighted by atomic mass is 9.66. The molecule has 4 heteroatoms. The highest BCUT2D eigenvalue weighted by molar-refractivity contribution is 7.31. The van der Waals surface area contributed by atoms with Gasteiger partial charge in [0.1, 0.15) is 0 Å². The molecule has 0 N–H and O–H groups in total. The van der Waals surface area contributed by atoms with Crippen molar-refractivity contribution in [2.75, 3.05) is 0 Å². The standard InChI is InChI=1S/C54H46S4/c1-30(2)42-46(32(5)6)56-52-44-49(58-50(42)52)39-29-40-38(28-41(39)54(44,36-24-16-10-17-25-36)37-26-18-11-19-27-37)48-43(51-47(57-48)33(7)45(55-51)31(3)4)53(40,34-20-12-8-13-21-34)35-22-14-9-15-23-35/h8-32H,1-7H3. The van der Waals surface area contributed by atoms with Crippen molar-refractivity contribution in [2.45, 2.75) is 77.0 Å². The third-order valence-electron chi connectivity index (χ3n) is 13.0. The summed E-state index contributed by atoms with van der Waals surface area (Å²) in [7, 11) is 0. The van der Waals surface area contributed by atoms with Gasteiger partial charge in [-0.25, -0.2) is 0 Å². The predicted octanol–water partition coefficient (Wildman–Crippen LogP) is 16.6. The average molecular weight is 823 g/mol. The first kappa shape index (κ1) is 36.5. The Hall–Kier alpha value is -4.58. The Balaban J connectivity index is 1.35. The van der Waals surface area contributed by atoms with Gasteiger partial charge in [0.15, 0.2) is 0 Å². The summed E-state index contributed by atoms with van der Waals surface area (Å²) in [4.78, 5) is 5.92. The maximum atomic E-state index is 2.68. The summed E-state index contributed by atoms with van der Waals surface area (Å²) in [5, 5.41) is 0. The van der Waals surface area contributed by atoms with E-state index in [4.69, 9.17) is 0 Å². The fourth-order valence-corrected chi connectivity index (χ4v) is 17.1. The van der Waals surface area contributed by atoms with Crippen molar-refractivity contribution in [1.29, 1.82) is 0 Å². The lowest BCUT2D eigenvalue weighted by molar-refractivity contribution is 0.767. The van der Waals surface area contributed by atoms with Crippen LogP contribution in [-0.4, -0.2) is 0 Å². The van der Waals surface area contributed by atoms with Crippen LogP contribution in [0.5, 0.6) is 0 Å². The molecule has 0 unspecified atom stereocenters. The minimum atomic E-state index is -0.478. The number of fused-ring (bicyclic) bond motifs is 10. The van der Waals surface area contributed by atoms with Gasteiger partial charge in [-0.2, -0.15) is 0 Å². The number of hydrogen-bond acceptors (Lipinski definition) is 4. The molecule has 0 aliphatic heterocycles. The fraction of sp³-hybridized carbons (Fsp3) is 0.222. The number of hydrogen-bond donors (Lipinski definition) is 0. The molecule has 286 valence electrons. The van der Waals surface area contributed by atoms with Gasteiger partial charge in [0.2, 0.25) is 0 Å². The van der Waals surface area contributed by atoms with Crippen LogP contribution in [0, 0.1) is 6.92 Å². The molecule has 9 aromatic rings. The summed E-state index contributed by atoms with van der Waals surface area (Å²) in [5.41, 5.74) is 16.0. The van der Waals surface area contributed by atoms with Crippen molar-refractivity contribution < 1.29 is 0 Å².